The Morgan fingerprint density at radius 3 is 2.86 bits per heavy atom. The lowest BCUT2D eigenvalue weighted by molar-refractivity contribution is -0.113. The van der Waals surface area contributed by atoms with E-state index in [4.69, 9.17) is 5.73 Å². The van der Waals surface area contributed by atoms with Crippen LogP contribution in [0.15, 0.2) is 48.8 Å². The molecule has 0 spiro atoms. The Morgan fingerprint density at radius 1 is 1.29 bits per heavy atom. The highest BCUT2D eigenvalue weighted by atomic mass is 16.1. The molecule has 0 saturated carbocycles. The highest BCUT2D eigenvalue weighted by Gasteiger charge is 2.06. The van der Waals surface area contributed by atoms with Gasteiger partial charge in [-0.3, -0.25) is 4.79 Å². The van der Waals surface area contributed by atoms with Gasteiger partial charge in [0.2, 0.25) is 5.91 Å². The maximum absolute atomic E-state index is 10.8. The zero-order chi connectivity index (χ0) is 14.7. The molecule has 104 valence electrons. The van der Waals surface area contributed by atoms with Crippen LogP contribution in [-0.2, 0) is 11.2 Å². The number of primary amides is 1. The molecule has 5 nitrogen and oxygen atoms in total. The number of nitrogens with one attached hydrogen (secondary N) is 1. The minimum absolute atomic E-state index is 0.488. The SMILES string of the molecule is NC(=O)/C=C/c1c[nH]c2ncc(Cc3ccccc3)nc12. The first-order valence-corrected chi connectivity index (χ1v) is 6.57. The van der Waals surface area contributed by atoms with Gasteiger partial charge in [0.1, 0.15) is 5.52 Å². The molecular formula is C16H14N4O. The molecule has 5 heteroatoms. The van der Waals surface area contributed by atoms with Crippen LogP contribution in [0.25, 0.3) is 17.2 Å². The number of fused-ring (bicyclic) bond motifs is 1. The average molecular weight is 278 g/mol. The van der Waals surface area contributed by atoms with Crippen molar-refractivity contribution in [1.82, 2.24) is 15.0 Å². The topological polar surface area (TPSA) is 84.7 Å². The number of H-pyrrole nitrogens is 1. The molecule has 0 aliphatic rings. The van der Waals surface area contributed by atoms with Crippen molar-refractivity contribution in [1.29, 1.82) is 0 Å². The van der Waals surface area contributed by atoms with Crippen LogP contribution >= 0.6 is 0 Å². The molecule has 0 atom stereocenters. The highest BCUT2D eigenvalue weighted by Crippen LogP contribution is 2.17. The maximum atomic E-state index is 10.8. The zero-order valence-electron chi connectivity index (χ0n) is 11.3. The van der Waals surface area contributed by atoms with Gasteiger partial charge in [0.15, 0.2) is 5.65 Å². The summed E-state index contributed by atoms with van der Waals surface area (Å²) in [7, 11) is 0. The Morgan fingerprint density at radius 2 is 2.10 bits per heavy atom. The van der Waals surface area contributed by atoms with E-state index in [1.54, 1.807) is 18.5 Å². The molecule has 1 aromatic carbocycles. The van der Waals surface area contributed by atoms with Gasteiger partial charge in [0.25, 0.3) is 0 Å². The van der Waals surface area contributed by atoms with Crippen LogP contribution in [0.1, 0.15) is 16.8 Å². The van der Waals surface area contributed by atoms with Crippen molar-refractivity contribution in [2.24, 2.45) is 5.73 Å². The molecule has 3 rings (SSSR count). The number of nitrogens with two attached hydrogens (primary N) is 1. The van der Waals surface area contributed by atoms with Crippen molar-refractivity contribution in [3.05, 3.63) is 65.6 Å². The zero-order valence-corrected chi connectivity index (χ0v) is 11.3. The molecule has 3 N–H and O–H groups in total. The summed E-state index contributed by atoms with van der Waals surface area (Å²) in [4.78, 5) is 22.8. The maximum Gasteiger partial charge on any atom is 0.241 e. The monoisotopic (exact) mass is 278 g/mol. The second kappa shape index (κ2) is 5.58. The first kappa shape index (κ1) is 13.1. The normalized spacial score (nSPS) is 11.2. The van der Waals surface area contributed by atoms with Crippen molar-refractivity contribution in [2.75, 3.05) is 0 Å². The van der Waals surface area contributed by atoms with Crippen LogP contribution in [0.5, 0.6) is 0 Å². The lowest BCUT2D eigenvalue weighted by Crippen LogP contribution is -2.05. The van der Waals surface area contributed by atoms with Gasteiger partial charge >= 0.3 is 0 Å². The summed E-state index contributed by atoms with van der Waals surface area (Å²) in [5, 5.41) is 0. The Kier molecular flexibility index (Phi) is 3.47. The van der Waals surface area contributed by atoms with E-state index in [9.17, 15) is 4.79 Å². The molecule has 21 heavy (non-hydrogen) atoms. The standard InChI is InChI=1S/C16H14N4O/c17-14(21)7-6-12-9-18-16-15(12)20-13(10-19-16)8-11-4-2-1-3-5-11/h1-7,9-10H,8H2,(H2,17,21)(H,18,19)/b7-6+. The minimum Gasteiger partial charge on any atom is -0.366 e. The highest BCUT2D eigenvalue weighted by molar-refractivity contribution is 5.93. The number of carbonyl (C=O) groups is 1. The molecule has 0 saturated heterocycles. The van der Waals surface area contributed by atoms with E-state index < -0.39 is 5.91 Å². The Balaban J connectivity index is 1.95. The lowest BCUT2D eigenvalue weighted by Gasteiger charge is -2.01. The molecule has 0 unspecified atom stereocenters. The molecule has 3 aromatic rings. The molecular weight excluding hydrogens is 264 g/mol. The number of amides is 1. The fourth-order valence-electron chi connectivity index (χ4n) is 2.14. The molecule has 0 aliphatic heterocycles. The quantitative estimate of drug-likeness (QED) is 0.716. The number of aromatic amines is 1. The molecule has 2 heterocycles. The van der Waals surface area contributed by atoms with Gasteiger partial charge in [-0.1, -0.05) is 30.3 Å². The third-order valence-corrected chi connectivity index (χ3v) is 3.12. The van der Waals surface area contributed by atoms with E-state index in [1.807, 2.05) is 18.2 Å². The predicted molar refractivity (Wildman–Crippen MR) is 81.4 cm³/mol. The number of rotatable bonds is 4. The third kappa shape index (κ3) is 2.97. The second-order valence-corrected chi connectivity index (χ2v) is 4.70. The van der Waals surface area contributed by atoms with E-state index in [2.05, 4.69) is 27.1 Å². The number of hydrogen-bond acceptors (Lipinski definition) is 3. The van der Waals surface area contributed by atoms with Crippen molar-refractivity contribution in [3.8, 4) is 0 Å². The van der Waals surface area contributed by atoms with E-state index in [0.717, 1.165) is 16.8 Å². The first-order valence-electron chi connectivity index (χ1n) is 6.57. The summed E-state index contributed by atoms with van der Waals surface area (Å²) in [6, 6.07) is 10.1. The van der Waals surface area contributed by atoms with Crippen LogP contribution in [0.3, 0.4) is 0 Å². The van der Waals surface area contributed by atoms with Crippen molar-refractivity contribution >= 4 is 23.1 Å². The van der Waals surface area contributed by atoms with E-state index in [1.165, 1.54) is 11.6 Å². The van der Waals surface area contributed by atoms with Crippen LogP contribution in [0.2, 0.25) is 0 Å². The molecule has 0 radical (unpaired) electrons. The van der Waals surface area contributed by atoms with Crippen LogP contribution in [0, 0.1) is 0 Å². The number of benzene rings is 1. The van der Waals surface area contributed by atoms with Crippen molar-refractivity contribution in [2.45, 2.75) is 6.42 Å². The van der Waals surface area contributed by atoms with Gasteiger partial charge in [0, 0.05) is 24.3 Å². The third-order valence-electron chi connectivity index (χ3n) is 3.12. The molecule has 0 fully saturated rings. The second-order valence-electron chi connectivity index (χ2n) is 4.70. The summed E-state index contributed by atoms with van der Waals surface area (Å²) in [6.45, 7) is 0. The van der Waals surface area contributed by atoms with Gasteiger partial charge in [-0.25, -0.2) is 9.97 Å². The molecule has 0 bridgehead atoms. The molecule has 2 aromatic heterocycles. The van der Waals surface area contributed by atoms with Gasteiger partial charge in [-0.2, -0.15) is 0 Å². The van der Waals surface area contributed by atoms with Gasteiger partial charge in [-0.15, -0.1) is 0 Å². The van der Waals surface area contributed by atoms with Crippen molar-refractivity contribution in [3.63, 3.8) is 0 Å². The van der Waals surface area contributed by atoms with Gasteiger partial charge < -0.3 is 10.7 Å². The van der Waals surface area contributed by atoms with Crippen molar-refractivity contribution < 1.29 is 4.79 Å². The van der Waals surface area contributed by atoms with Crippen LogP contribution < -0.4 is 5.73 Å². The van der Waals surface area contributed by atoms with E-state index >= 15 is 0 Å². The number of hydrogen-bond donors (Lipinski definition) is 2. The lowest BCUT2D eigenvalue weighted by atomic mass is 10.1. The summed E-state index contributed by atoms with van der Waals surface area (Å²) >= 11 is 0. The largest absolute Gasteiger partial charge is 0.366 e. The van der Waals surface area contributed by atoms with Crippen LogP contribution in [0.4, 0.5) is 0 Å². The number of carbonyl (C=O) groups excluding carboxylic acids is 1. The fraction of sp³-hybridized carbons (Fsp3) is 0.0625. The molecule has 1 amide bonds. The smallest absolute Gasteiger partial charge is 0.241 e. The summed E-state index contributed by atoms with van der Waals surface area (Å²) in [5.74, 6) is -0.488. The predicted octanol–water partition coefficient (Wildman–Crippen LogP) is 2.05. The van der Waals surface area contributed by atoms with Gasteiger partial charge in [0.05, 0.1) is 11.9 Å². The summed E-state index contributed by atoms with van der Waals surface area (Å²) in [6.07, 6.45) is 7.19. The first-order chi connectivity index (χ1) is 10.2. The number of aromatic nitrogens is 3. The summed E-state index contributed by atoms with van der Waals surface area (Å²) in [5.41, 5.74) is 9.39. The van der Waals surface area contributed by atoms with Gasteiger partial charge in [-0.05, 0) is 11.6 Å². The van der Waals surface area contributed by atoms with E-state index in [-0.39, 0.29) is 0 Å². The van der Waals surface area contributed by atoms with E-state index in [0.29, 0.717) is 12.1 Å². The average Bonchev–Trinajstić information content (AvgIpc) is 2.88. The Labute approximate surface area is 121 Å². The number of nitrogens with zero attached hydrogens (tertiary/aromatic N) is 2. The minimum atomic E-state index is -0.488. The fourth-order valence-corrected chi connectivity index (χ4v) is 2.14. The Bertz CT molecular complexity index is 806. The summed E-state index contributed by atoms with van der Waals surface area (Å²) < 4.78 is 0. The molecule has 0 aliphatic carbocycles. The Hall–Kier alpha value is -2.95. The van der Waals surface area contributed by atoms with Crippen LogP contribution in [-0.4, -0.2) is 20.9 Å².